The van der Waals surface area contributed by atoms with Gasteiger partial charge in [-0.2, -0.15) is 0 Å². The first-order chi connectivity index (χ1) is 22.4. The van der Waals surface area contributed by atoms with Crippen molar-refractivity contribution >= 4 is 45.7 Å². The number of aliphatic hydroxyl groups is 1. The van der Waals surface area contributed by atoms with E-state index < -0.39 is 17.7 Å². The number of amides is 1. The Bertz CT molecular complexity index is 1790. The summed E-state index contributed by atoms with van der Waals surface area (Å²) >= 11 is 2.51. The maximum Gasteiger partial charge on any atom is 0.301 e. The molecule has 0 saturated carbocycles. The SMILES string of the molecule is CCCOc1ccc([C@H]2/C(=C(\O)c3ccc4c(c3)OCCO4)C(=O)C(=O)N2c2nnc(SCc3ccc(F)cc3)s2)cc1OCC. The molecule has 0 spiro atoms. The number of carbonyl (C=O) groups is 2. The average molecular weight is 664 g/mol. The summed E-state index contributed by atoms with van der Waals surface area (Å²) in [5, 5.41) is 20.3. The third-order valence-corrected chi connectivity index (χ3v) is 9.31. The highest BCUT2D eigenvalue weighted by Crippen LogP contribution is 2.46. The molecule has 10 nitrogen and oxygen atoms in total. The van der Waals surface area contributed by atoms with Crippen molar-refractivity contribution in [1.29, 1.82) is 0 Å². The first kappa shape index (κ1) is 31.4. The molecule has 1 atom stereocenters. The number of fused-ring (bicyclic) bond motifs is 1. The van der Waals surface area contributed by atoms with Gasteiger partial charge in [0, 0.05) is 11.3 Å². The van der Waals surface area contributed by atoms with Crippen LogP contribution in [0.4, 0.5) is 9.52 Å². The lowest BCUT2D eigenvalue weighted by Crippen LogP contribution is -2.29. The van der Waals surface area contributed by atoms with Gasteiger partial charge in [0.15, 0.2) is 27.3 Å². The van der Waals surface area contributed by atoms with Gasteiger partial charge in [0.25, 0.3) is 5.78 Å². The molecule has 0 aliphatic carbocycles. The van der Waals surface area contributed by atoms with Crippen molar-refractivity contribution in [1.82, 2.24) is 10.2 Å². The molecule has 46 heavy (non-hydrogen) atoms. The van der Waals surface area contributed by atoms with Crippen LogP contribution in [0.15, 0.2) is 70.6 Å². The lowest BCUT2D eigenvalue weighted by atomic mass is 9.95. The number of rotatable bonds is 11. The molecule has 1 saturated heterocycles. The molecule has 6 rings (SSSR count). The van der Waals surface area contributed by atoms with Crippen molar-refractivity contribution in [3.63, 3.8) is 0 Å². The molecule has 3 heterocycles. The van der Waals surface area contributed by atoms with Crippen LogP contribution in [0.25, 0.3) is 5.76 Å². The van der Waals surface area contributed by atoms with Gasteiger partial charge in [-0.15, -0.1) is 10.2 Å². The molecule has 1 N–H and O–H groups in total. The minimum Gasteiger partial charge on any atom is -0.507 e. The van der Waals surface area contributed by atoms with Gasteiger partial charge in [0.05, 0.1) is 24.8 Å². The standard InChI is InChI=1S/C33H30FN3O7S2/c1-3-13-42-23-11-7-20(16-25(23)41-4-2)28-27(29(38)21-8-12-24-26(17-21)44-15-14-43-24)30(39)31(40)37(28)32-35-36-33(46-32)45-18-19-5-9-22(34)10-6-19/h5-12,16-17,28,38H,3-4,13-15,18H2,1-2H3/b29-27+/t28-/m0/s1. The van der Waals surface area contributed by atoms with E-state index in [2.05, 4.69) is 10.2 Å². The Labute approximate surface area is 272 Å². The second-order valence-corrected chi connectivity index (χ2v) is 12.5. The number of Topliss-reactive ketones (excluding diaryl/α,β-unsaturated/α-hetero) is 1. The Balaban J connectivity index is 1.42. The molecule has 4 aromatic rings. The van der Waals surface area contributed by atoms with Gasteiger partial charge in [0.1, 0.15) is 24.8 Å². The number of anilines is 1. The highest BCUT2D eigenvalue weighted by Gasteiger charge is 2.48. The van der Waals surface area contributed by atoms with Crippen LogP contribution in [-0.2, 0) is 15.3 Å². The number of carbonyl (C=O) groups excluding carboxylic acids is 2. The van der Waals surface area contributed by atoms with Crippen LogP contribution in [0.3, 0.4) is 0 Å². The smallest absolute Gasteiger partial charge is 0.301 e. The lowest BCUT2D eigenvalue weighted by Gasteiger charge is -2.24. The number of hydrogen-bond donors (Lipinski definition) is 1. The Hall–Kier alpha value is -4.62. The van der Waals surface area contributed by atoms with E-state index in [1.54, 1.807) is 48.5 Å². The van der Waals surface area contributed by atoms with Crippen LogP contribution in [0.1, 0.15) is 43.0 Å². The first-order valence-electron chi connectivity index (χ1n) is 14.7. The molecule has 1 fully saturated rings. The van der Waals surface area contributed by atoms with Gasteiger partial charge in [-0.05, 0) is 66.9 Å². The quantitative estimate of drug-likeness (QED) is 0.0622. The van der Waals surface area contributed by atoms with Crippen molar-refractivity contribution in [3.05, 3.63) is 88.7 Å². The van der Waals surface area contributed by atoms with Crippen LogP contribution in [0, 0.1) is 5.82 Å². The van der Waals surface area contributed by atoms with Crippen molar-refractivity contribution in [3.8, 4) is 23.0 Å². The number of ether oxygens (including phenoxy) is 4. The van der Waals surface area contributed by atoms with Gasteiger partial charge >= 0.3 is 5.91 Å². The molecule has 2 aliphatic heterocycles. The molecular formula is C33H30FN3O7S2. The third-order valence-electron chi connectivity index (χ3n) is 7.18. The molecule has 0 unspecified atom stereocenters. The molecule has 238 valence electrons. The number of hydrogen-bond acceptors (Lipinski definition) is 11. The zero-order chi connectivity index (χ0) is 32.2. The lowest BCUT2D eigenvalue weighted by molar-refractivity contribution is -0.132. The number of benzene rings is 3. The summed E-state index contributed by atoms with van der Waals surface area (Å²) in [6, 6.07) is 15.1. The zero-order valence-electron chi connectivity index (χ0n) is 25.0. The maximum atomic E-state index is 13.7. The summed E-state index contributed by atoms with van der Waals surface area (Å²) in [7, 11) is 0. The van der Waals surface area contributed by atoms with E-state index in [0.29, 0.717) is 65.1 Å². The minimum absolute atomic E-state index is 0.123. The van der Waals surface area contributed by atoms with Crippen molar-refractivity contribution in [2.45, 2.75) is 36.4 Å². The van der Waals surface area contributed by atoms with Crippen LogP contribution in [0.5, 0.6) is 23.0 Å². The van der Waals surface area contributed by atoms with E-state index in [1.807, 2.05) is 13.8 Å². The second-order valence-electron chi connectivity index (χ2n) is 10.3. The predicted octanol–water partition coefficient (Wildman–Crippen LogP) is 6.55. The van der Waals surface area contributed by atoms with Gasteiger partial charge in [0.2, 0.25) is 5.13 Å². The Morgan fingerprint density at radius 1 is 1.00 bits per heavy atom. The highest BCUT2D eigenvalue weighted by molar-refractivity contribution is 8.00. The molecule has 1 aromatic heterocycles. The monoisotopic (exact) mass is 663 g/mol. The topological polar surface area (TPSA) is 120 Å². The van der Waals surface area contributed by atoms with Crippen LogP contribution >= 0.6 is 23.1 Å². The Morgan fingerprint density at radius 2 is 1.78 bits per heavy atom. The third kappa shape index (κ3) is 6.38. The summed E-state index contributed by atoms with van der Waals surface area (Å²) in [5.74, 6) is -0.0428. The minimum atomic E-state index is -1.06. The first-order valence-corrected chi connectivity index (χ1v) is 16.5. The van der Waals surface area contributed by atoms with E-state index >= 15 is 0 Å². The molecule has 0 bridgehead atoms. The number of thioether (sulfide) groups is 1. The van der Waals surface area contributed by atoms with Crippen molar-refractivity contribution in [2.24, 2.45) is 0 Å². The molecule has 13 heteroatoms. The van der Waals surface area contributed by atoms with Gasteiger partial charge < -0.3 is 24.1 Å². The van der Waals surface area contributed by atoms with Crippen LogP contribution < -0.4 is 23.8 Å². The summed E-state index contributed by atoms with van der Waals surface area (Å²) in [5.41, 5.74) is 1.55. The number of aromatic nitrogens is 2. The Kier molecular flexibility index (Phi) is 9.41. The van der Waals surface area contributed by atoms with E-state index in [1.165, 1.54) is 28.8 Å². The molecule has 1 amide bonds. The molecule has 2 aliphatic rings. The molecule has 3 aromatic carbocycles. The normalized spacial score (nSPS) is 16.9. The van der Waals surface area contributed by atoms with Crippen molar-refractivity contribution in [2.75, 3.05) is 31.3 Å². The summed E-state index contributed by atoms with van der Waals surface area (Å²) in [6.07, 6.45) is 0.793. The Morgan fingerprint density at radius 3 is 2.54 bits per heavy atom. The number of nitrogens with zero attached hydrogens (tertiary/aromatic N) is 3. The average Bonchev–Trinajstić information content (AvgIpc) is 3.65. The summed E-state index contributed by atoms with van der Waals surface area (Å²) in [6.45, 7) is 5.41. The van der Waals surface area contributed by atoms with Gasteiger partial charge in [-0.3, -0.25) is 14.5 Å². The fourth-order valence-corrected chi connectivity index (χ4v) is 6.89. The van der Waals surface area contributed by atoms with Gasteiger partial charge in [-0.1, -0.05) is 48.2 Å². The highest BCUT2D eigenvalue weighted by atomic mass is 32.2. The number of ketones is 1. The fourth-order valence-electron chi connectivity index (χ4n) is 5.07. The molecular weight excluding hydrogens is 634 g/mol. The van der Waals surface area contributed by atoms with E-state index in [9.17, 15) is 19.1 Å². The number of halogens is 1. The van der Waals surface area contributed by atoms with E-state index in [-0.39, 0.29) is 27.8 Å². The maximum absolute atomic E-state index is 13.7. The van der Waals surface area contributed by atoms with Crippen LogP contribution in [0.2, 0.25) is 0 Å². The van der Waals surface area contributed by atoms with E-state index in [4.69, 9.17) is 18.9 Å². The van der Waals surface area contributed by atoms with Crippen molar-refractivity contribution < 1.29 is 38.0 Å². The summed E-state index contributed by atoms with van der Waals surface area (Å²) in [4.78, 5) is 28.7. The van der Waals surface area contributed by atoms with Crippen LogP contribution in [-0.4, -0.2) is 53.4 Å². The largest absolute Gasteiger partial charge is 0.507 e. The second kappa shape index (κ2) is 13.8. The molecule has 0 radical (unpaired) electrons. The van der Waals surface area contributed by atoms with E-state index in [0.717, 1.165) is 23.3 Å². The number of aliphatic hydroxyl groups excluding tert-OH is 1. The predicted molar refractivity (Wildman–Crippen MR) is 171 cm³/mol. The summed E-state index contributed by atoms with van der Waals surface area (Å²) < 4.78 is 36.9. The van der Waals surface area contributed by atoms with Gasteiger partial charge in [-0.25, -0.2) is 4.39 Å². The zero-order valence-corrected chi connectivity index (χ0v) is 26.7. The fraction of sp³-hybridized carbons (Fsp3) is 0.273.